The van der Waals surface area contributed by atoms with E-state index < -0.39 is 0 Å². The van der Waals surface area contributed by atoms with Gasteiger partial charge in [-0.1, -0.05) is 70.5 Å². The number of carbonyl (C=O) groups is 1. The summed E-state index contributed by atoms with van der Waals surface area (Å²) in [4.78, 5) is 13.0. The van der Waals surface area contributed by atoms with Crippen molar-refractivity contribution in [2.75, 3.05) is 12.4 Å². The van der Waals surface area contributed by atoms with Crippen molar-refractivity contribution in [1.82, 2.24) is 0 Å². The summed E-state index contributed by atoms with van der Waals surface area (Å²) in [6, 6.07) is 16.0. The molecule has 0 aliphatic carbocycles. The van der Waals surface area contributed by atoms with E-state index in [9.17, 15) is 4.79 Å². The van der Waals surface area contributed by atoms with Crippen LogP contribution >= 0.6 is 0 Å². The predicted octanol–water partition coefficient (Wildman–Crippen LogP) is 5.52. The quantitative estimate of drug-likeness (QED) is 0.753. The van der Waals surface area contributed by atoms with Gasteiger partial charge in [-0.05, 0) is 35.1 Å². The Morgan fingerprint density at radius 3 is 2.36 bits per heavy atom. The Labute approximate surface area is 151 Å². The van der Waals surface area contributed by atoms with Crippen LogP contribution in [0.4, 0.5) is 5.69 Å². The fourth-order valence-corrected chi connectivity index (χ4v) is 2.92. The van der Waals surface area contributed by atoms with Gasteiger partial charge in [0.1, 0.15) is 5.75 Å². The van der Waals surface area contributed by atoms with E-state index in [-0.39, 0.29) is 17.2 Å². The highest BCUT2D eigenvalue weighted by molar-refractivity contribution is 5.97. The van der Waals surface area contributed by atoms with Crippen LogP contribution in [0.3, 0.4) is 0 Å². The van der Waals surface area contributed by atoms with Crippen LogP contribution in [-0.2, 0) is 10.2 Å². The number of carbonyl (C=O) groups excluding carboxylic acids is 1. The summed E-state index contributed by atoms with van der Waals surface area (Å²) in [6.07, 6.45) is 1.77. The van der Waals surface area contributed by atoms with E-state index in [4.69, 9.17) is 4.74 Å². The van der Waals surface area contributed by atoms with Gasteiger partial charge >= 0.3 is 0 Å². The largest absolute Gasteiger partial charge is 0.495 e. The molecule has 0 aromatic heterocycles. The molecule has 2 aromatic rings. The molecular formula is C22H29NO2. The Morgan fingerprint density at radius 1 is 1.12 bits per heavy atom. The van der Waals surface area contributed by atoms with Crippen LogP contribution in [0.25, 0.3) is 0 Å². The predicted molar refractivity (Wildman–Crippen MR) is 104 cm³/mol. The Kier molecular flexibility index (Phi) is 6.24. The summed E-state index contributed by atoms with van der Waals surface area (Å²) in [5.74, 6) is 0.538. The molecule has 25 heavy (non-hydrogen) atoms. The molecule has 0 saturated heterocycles. The Balaban J connectivity index is 2.31. The molecule has 3 nitrogen and oxygen atoms in total. The van der Waals surface area contributed by atoms with E-state index >= 15 is 0 Å². The second kappa shape index (κ2) is 8.19. The van der Waals surface area contributed by atoms with E-state index in [1.54, 1.807) is 7.11 Å². The smallest absolute Gasteiger partial charge is 0.232 e. The number of hydrogen-bond acceptors (Lipinski definition) is 2. The minimum Gasteiger partial charge on any atom is -0.495 e. The van der Waals surface area contributed by atoms with Gasteiger partial charge < -0.3 is 10.1 Å². The molecule has 0 spiro atoms. The number of benzene rings is 2. The third-order valence-corrected chi connectivity index (χ3v) is 4.42. The standard InChI is InChI=1S/C22H29NO2/c1-6-10-18(16-11-8-7-9-12-16)21(24)23-19-15-17(22(2,3)4)13-14-20(19)25-5/h7-9,11-15,18H,6,10H2,1-5H3,(H,23,24)/t18-/m1/s1. The van der Waals surface area contributed by atoms with E-state index in [0.29, 0.717) is 5.75 Å². The number of rotatable bonds is 6. The molecule has 134 valence electrons. The first-order valence-electron chi connectivity index (χ1n) is 8.91. The average molecular weight is 339 g/mol. The minimum atomic E-state index is -0.158. The number of anilines is 1. The highest BCUT2D eigenvalue weighted by Gasteiger charge is 2.22. The first-order chi connectivity index (χ1) is 11.9. The first kappa shape index (κ1) is 19.0. The lowest BCUT2D eigenvalue weighted by atomic mass is 9.86. The number of ether oxygens (including phenoxy) is 1. The molecule has 1 atom stereocenters. The van der Waals surface area contributed by atoms with Crippen LogP contribution in [0.1, 0.15) is 57.6 Å². The van der Waals surface area contributed by atoms with Gasteiger partial charge in [0.2, 0.25) is 5.91 Å². The summed E-state index contributed by atoms with van der Waals surface area (Å²) in [5, 5.41) is 3.09. The molecule has 0 bridgehead atoms. The molecule has 2 aromatic carbocycles. The molecule has 0 heterocycles. The van der Waals surface area contributed by atoms with Crippen LogP contribution in [0.2, 0.25) is 0 Å². The molecule has 1 amide bonds. The van der Waals surface area contributed by atoms with Crippen molar-refractivity contribution in [2.45, 2.75) is 51.9 Å². The van der Waals surface area contributed by atoms with Gasteiger partial charge in [-0.2, -0.15) is 0 Å². The third-order valence-electron chi connectivity index (χ3n) is 4.42. The van der Waals surface area contributed by atoms with Gasteiger partial charge in [0.15, 0.2) is 0 Å². The monoisotopic (exact) mass is 339 g/mol. The Hall–Kier alpha value is -2.29. The number of amides is 1. The van der Waals surface area contributed by atoms with Crippen molar-refractivity contribution in [3.05, 3.63) is 59.7 Å². The van der Waals surface area contributed by atoms with Gasteiger partial charge in [-0.15, -0.1) is 0 Å². The van der Waals surface area contributed by atoms with Crippen LogP contribution < -0.4 is 10.1 Å². The minimum absolute atomic E-state index is 0.00794. The number of hydrogen-bond donors (Lipinski definition) is 1. The van der Waals surface area contributed by atoms with Crippen LogP contribution in [0, 0.1) is 0 Å². The summed E-state index contributed by atoms with van der Waals surface area (Å²) in [6.45, 7) is 8.57. The van der Waals surface area contributed by atoms with Crippen molar-refractivity contribution in [1.29, 1.82) is 0 Å². The fourth-order valence-electron chi connectivity index (χ4n) is 2.92. The normalized spacial score (nSPS) is 12.5. The second-order valence-corrected chi connectivity index (χ2v) is 7.41. The summed E-state index contributed by atoms with van der Waals surface area (Å²) in [7, 11) is 1.63. The van der Waals surface area contributed by atoms with Crippen molar-refractivity contribution < 1.29 is 9.53 Å². The van der Waals surface area contributed by atoms with E-state index in [1.165, 1.54) is 0 Å². The maximum atomic E-state index is 13.0. The summed E-state index contributed by atoms with van der Waals surface area (Å²) < 4.78 is 5.44. The highest BCUT2D eigenvalue weighted by atomic mass is 16.5. The molecule has 3 heteroatoms. The molecule has 0 saturated carbocycles. The summed E-state index contributed by atoms with van der Waals surface area (Å²) >= 11 is 0. The number of nitrogens with one attached hydrogen (secondary N) is 1. The summed E-state index contributed by atoms with van der Waals surface area (Å²) in [5.41, 5.74) is 2.95. The molecule has 0 radical (unpaired) electrons. The maximum Gasteiger partial charge on any atom is 0.232 e. The fraction of sp³-hybridized carbons (Fsp3) is 0.409. The Morgan fingerprint density at radius 2 is 1.80 bits per heavy atom. The second-order valence-electron chi connectivity index (χ2n) is 7.41. The zero-order valence-electron chi connectivity index (χ0n) is 15.9. The molecular weight excluding hydrogens is 310 g/mol. The van der Waals surface area contributed by atoms with Crippen molar-refractivity contribution in [2.24, 2.45) is 0 Å². The van der Waals surface area contributed by atoms with Gasteiger partial charge in [-0.3, -0.25) is 4.79 Å². The van der Waals surface area contributed by atoms with Crippen molar-refractivity contribution >= 4 is 11.6 Å². The van der Waals surface area contributed by atoms with Crippen molar-refractivity contribution in [3.63, 3.8) is 0 Å². The molecule has 2 rings (SSSR count). The molecule has 0 unspecified atom stereocenters. The SMILES string of the molecule is CCC[C@@H](C(=O)Nc1cc(C(C)(C)C)ccc1OC)c1ccccc1. The highest BCUT2D eigenvalue weighted by Crippen LogP contribution is 2.32. The van der Waals surface area contributed by atoms with Gasteiger partial charge in [0, 0.05) is 0 Å². The lowest BCUT2D eigenvalue weighted by Crippen LogP contribution is -2.22. The number of methoxy groups -OCH3 is 1. The van der Waals surface area contributed by atoms with E-state index in [0.717, 1.165) is 29.7 Å². The van der Waals surface area contributed by atoms with Crippen molar-refractivity contribution in [3.8, 4) is 5.75 Å². The van der Waals surface area contributed by atoms with E-state index in [2.05, 4.69) is 39.1 Å². The van der Waals surface area contributed by atoms with Gasteiger partial charge in [-0.25, -0.2) is 0 Å². The zero-order chi connectivity index (χ0) is 18.4. The van der Waals surface area contributed by atoms with E-state index in [1.807, 2.05) is 42.5 Å². The zero-order valence-corrected chi connectivity index (χ0v) is 15.9. The molecule has 0 aliphatic heterocycles. The van der Waals surface area contributed by atoms with Gasteiger partial charge in [0.25, 0.3) is 0 Å². The Bertz CT molecular complexity index is 702. The maximum absolute atomic E-state index is 13.0. The third kappa shape index (κ3) is 4.85. The first-order valence-corrected chi connectivity index (χ1v) is 8.91. The molecule has 0 aliphatic rings. The van der Waals surface area contributed by atoms with Crippen LogP contribution in [0.5, 0.6) is 5.75 Å². The molecule has 0 fully saturated rings. The van der Waals surface area contributed by atoms with Crippen LogP contribution in [-0.4, -0.2) is 13.0 Å². The lowest BCUT2D eigenvalue weighted by Gasteiger charge is -2.22. The van der Waals surface area contributed by atoms with Gasteiger partial charge in [0.05, 0.1) is 18.7 Å². The lowest BCUT2D eigenvalue weighted by molar-refractivity contribution is -0.117. The average Bonchev–Trinajstić information content (AvgIpc) is 2.59. The van der Waals surface area contributed by atoms with Crippen LogP contribution in [0.15, 0.2) is 48.5 Å². The topological polar surface area (TPSA) is 38.3 Å². The molecule has 1 N–H and O–H groups in total.